The summed E-state index contributed by atoms with van der Waals surface area (Å²) in [6.45, 7) is 0. The number of rotatable bonds is 3. The Labute approximate surface area is 104 Å². The van der Waals surface area contributed by atoms with Crippen LogP contribution in [0.15, 0.2) is 12.4 Å². The van der Waals surface area contributed by atoms with Crippen LogP contribution in [0.5, 0.6) is 0 Å². The summed E-state index contributed by atoms with van der Waals surface area (Å²) >= 11 is 0. The quantitative estimate of drug-likeness (QED) is 0.776. The van der Waals surface area contributed by atoms with Gasteiger partial charge in [0.15, 0.2) is 5.82 Å². The molecule has 0 bridgehead atoms. The Morgan fingerprint density at radius 1 is 1.44 bits per heavy atom. The van der Waals surface area contributed by atoms with Crippen molar-refractivity contribution in [2.45, 2.75) is 38.1 Å². The number of H-pyrrole nitrogens is 1. The van der Waals surface area contributed by atoms with E-state index in [0.717, 1.165) is 12.8 Å². The molecule has 18 heavy (non-hydrogen) atoms. The number of aromatic amines is 1. The van der Waals surface area contributed by atoms with Crippen LogP contribution in [0.1, 0.15) is 42.5 Å². The second kappa shape index (κ2) is 4.36. The number of hydrogen-bond donors (Lipinski definition) is 3. The maximum Gasteiger partial charge on any atom is 0.343 e. The first-order valence-electron chi connectivity index (χ1n) is 6.31. The van der Waals surface area contributed by atoms with Crippen LogP contribution in [0.4, 0.5) is 5.82 Å². The van der Waals surface area contributed by atoms with Crippen LogP contribution < -0.4 is 5.32 Å². The van der Waals surface area contributed by atoms with E-state index < -0.39 is 5.97 Å². The Morgan fingerprint density at radius 3 is 2.94 bits per heavy atom. The summed E-state index contributed by atoms with van der Waals surface area (Å²) in [7, 11) is 0. The molecule has 0 aromatic carbocycles. The van der Waals surface area contributed by atoms with E-state index in [1.54, 1.807) is 16.9 Å². The summed E-state index contributed by atoms with van der Waals surface area (Å²) in [6.07, 6.45) is 9.24. The first-order chi connectivity index (χ1) is 8.75. The van der Waals surface area contributed by atoms with Gasteiger partial charge in [0.05, 0.1) is 0 Å². The molecule has 1 saturated carbocycles. The SMILES string of the molecule is O=C(O)c1c(NC2CCCCC2)nn2cc[nH]c12. The van der Waals surface area contributed by atoms with Gasteiger partial charge in [0.1, 0.15) is 11.2 Å². The highest BCUT2D eigenvalue weighted by molar-refractivity contribution is 6.00. The second-order valence-corrected chi connectivity index (χ2v) is 4.76. The summed E-state index contributed by atoms with van der Waals surface area (Å²) < 4.78 is 1.56. The fraction of sp³-hybridized carbons (Fsp3) is 0.500. The van der Waals surface area contributed by atoms with Gasteiger partial charge in [-0.15, -0.1) is 5.10 Å². The van der Waals surface area contributed by atoms with Gasteiger partial charge in [0.2, 0.25) is 0 Å². The second-order valence-electron chi connectivity index (χ2n) is 4.76. The van der Waals surface area contributed by atoms with Crippen LogP contribution in [0.2, 0.25) is 0 Å². The van der Waals surface area contributed by atoms with Crippen molar-refractivity contribution >= 4 is 17.4 Å². The van der Waals surface area contributed by atoms with Gasteiger partial charge in [-0.2, -0.15) is 0 Å². The number of aromatic nitrogens is 3. The van der Waals surface area contributed by atoms with Crippen molar-refractivity contribution in [1.82, 2.24) is 14.6 Å². The number of imidazole rings is 1. The largest absolute Gasteiger partial charge is 0.477 e. The number of nitrogens with one attached hydrogen (secondary N) is 2. The standard InChI is InChI=1S/C12H16N4O2/c17-12(18)9-10(14-8-4-2-1-3-5-8)15-16-7-6-13-11(9)16/h6-8,13H,1-5H2,(H,14,15)(H,17,18). The highest BCUT2D eigenvalue weighted by Gasteiger charge is 2.23. The molecule has 0 unspecified atom stereocenters. The summed E-state index contributed by atoms with van der Waals surface area (Å²) in [6, 6.07) is 0.344. The Balaban J connectivity index is 1.92. The molecule has 0 spiro atoms. The minimum Gasteiger partial charge on any atom is -0.477 e. The van der Waals surface area contributed by atoms with Crippen molar-refractivity contribution in [2.75, 3.05) is 5.32 Å². The molecule has 0 saturated heterocycles. The first-order valence-corrected chi connectivity index (χ1v) is 6.31. The molecule has 6 nitrogen and oxygen atoms in total. The normalized spacial score (nSPS) is 17.1. The van der Waals surface area contributed by atoms with E-state index in [-0.39, 0.29) is 5.56 Å². The highest BCUT2D eigenvalue weighted by Crippen LogP contribution is 2.25. The van der Waals surface area contributed by atoms with Crippen LogP contribution in [-0.4, -0.2) is 31.7 Å². The van der Waals surface area contributed by atoms with Gasteiger partial charge >= 0.3 is 5.97 Å². The molecule has 0 aliphatic heterocycles. The molecular formula is C12H16N4O2. The van der Waals surface area contributed by atoms with E-state index >= 15 is 0 Å². The molecule has 2 heterocycles. The predicted octanol–water partition coefficient (Wildman–Crippen LogP) is 2.11. The van der Waals surface area contributed by atoms with Gasteiger partial charge in [0.25, 0.3) is 0 Å². The zero-order valence-corrected chi connectivity index (χ0v) is 10.0. The fourth-order valence-electron chi connectivity index (χ4n) is 2.61. The average molecular weight is 248 g/mol. The lowest BCUT2D eigenvalue weighted by molar-refractivity contribution is 0.0699. The van der Waals surface area contributed by atoms with E-state index in [2.05, 4.69) is 15.4 Å². The lowest BCUT2D eigenvalue weighted by atomic mass is 9.95. The molecular weight excluding hydrogens is 232 g/mol. The third kappa shape index (κ3) is 1.83. The zero-order chi connectivity index (χ0) is 12.5. The topological polar surface area (TPSA) is 82.4 Å². The minimum absolute atomic E-state index is 0.227. The van der Waals surface area contributed by atoms with Crippen LogP contribution in [-0.2, 0) is 0 Å². The smallest absolute Gasteiger partial charge is 0.343 e. The van der Waals surface area contributed by atoms with E-state index in [1.807, 2.05) is 0 Å². The number of nitrogens with zero attached hydrogens (tertiary/aromatic N) is 2. The molecule has 1 aliphatic carbocycles. The predicted molar refractivity (Wildman–Crippen MR) is 67.0 cm³/mol. The molecule has 3 rings (SSSR count). The fourth-order valence-corrected chi connectivity index (χ4v) is 2.61. The number of hydrogen-bond acceptors (Lipinski definition) is 3. The van der Waals surface area contributed by atoms with Crippen LogP contribution in [0, 0.1) is 0 Å². The van der Waals surface area contributed by atoms with Crippen molar-refractivity contribution in [1.29, 1.82) is 0 Å². The van der Waals surface area contributed by atoms with Crippen LogP contribution in [0.25, 0.3) is 5.65 Å². The Morgan fingerprint density at radius 2 is 2.22 bits per heavy atom. The molecule has 6 heteroatoms. The van der Waals surface area contributed by atoms with Crippen molar-refractivity contribution in [3.8, 4) is 0 Å². The van der Waals surface area contributed by atoms with Gasteiger partial charge < -0.3 is 15.4 Å². The van der Waals surface area contributed by atoms with Crippen molar-refractivity contribution in [3.63, 3.8) is 0 Å². The van der Waals surface area contributed by atoms with Crippen molar-refractivity contribution in [2.24, 2.45) is 0 Å². The van der Waals surface area contributed by atoms with Gasteiger partial charge in [-0.25, -0.2) is 9.31 Å². The number of aromatic carboxylic acids is 1. The average Bonchev–Trinajstić information content (AvgIpc) is 2.89. The molecule has 96 valence electrons. The van der Waals surface area contributed by atoms with E-state index in [4.69, 9.17) is 0 Å². The molecule has 1 aliphatic rings. The molecule has 2 aromatic rings. The number of carboxylic acids is 1. The lowest BCUT2D eigenvalue weighted by Crippen LogP contribution is -2.23. The van der Waals surface area contributed by atoms with Gasteiger partial charge in [-0.3, -0.25) is 0 Å². The number of fused-ring (bicyclic) bond motifs is 1. The summed E-state index contributed by atoms with van der Waals surface area (Å²) in [4.78, 5) is 14.2. The zero-order valence-electron chi connectivity index (χ0n) is 10.0. The van der Waals surface area contributed by atoms with E-state index in [0.29, 0.717) is 17.5 Å². The number of anilines is 1. The number of carboxylic acid groups (broad SMARTS) is 1. The summed E-state index contributed by atoms with van der Waals surface area (Å²) in [5.74, 6) is -0.480. The van der Waals surface area contributed by atoms with Gasteiger partial charge in [-0.1, -0.05) is 19.3 Å². The molecule has 1 fully saturated rings. The maximum absolute atomic E-state index is 11.3. The van der Waals surface area contributed by atoms with E-state index in [9.17, 15) is 9.90 Å². The number of carbonyl (C=O) groups is 1. The summed E-state index contributed by atoms with van der Waals surface area (Å²) in [5, 5.41) is 16.8. The maximum atomic E-state index is 11.3. The Kier molecular flexibility index (Phi) is 2.70. The molecule has 0 atom stereocenters. The van der Waals surface area contributed by atoms with Crippen LogP contribution >= 0.6 is 0 Å². The Bertz CT molecular complexity index is 566. The molecule has 3 N–H and O–H groups in total. The highest BCUT2D eigenvalue weighted by atomic mass is 16.4. The monoisotopic (exact) mass is 248 g/mol. The lowest BCUT2D eigenvalue weighted by Gasteiger charge is -2.22. The van der Waals surface area contributed by atoms with Crippen molar-refractivity contribution < 1.29 is 9.90 Å². The summed E-state index contributed by atoms with van der Waals surface area (Å²) in [5.41, 5.74) is 0.756. The molecule has 0 amide bonds. The van der Waals surface area contributed by atoms with E-state index in [1.165, 1.54) is 19.3 Å². The third-order valence-corrected chi connectivity index (χ3v) is 3.51. The molecule has 2 aromatic heterocycles. The minimum atomic E-state index is -0.953. The van der Waals surface area contributed by atoms with Crippen LogP contribution in [0.3, 0.4) is 0 Å². The molecule has 0 radical (unpaired) electrons. The third-order valence-electron chi connectivity index (χ3n) is 3.51. The Hall–Kier alpha value is -1.98. The van der Waals surface area contributed by atoms with Gasteiger partial charge in [0, 0.05) is 18.4 Å². The first kappa shape index (κ1) is 11.1. The van der Waals surface area contributed by atoms with Gasteiger partial charge in [-0.05, 0) is 12.8 Å². The van der Waals surface area contributed by atoms with Crippen molar-refractivity contribution in [3.05, 3.63) is 18.0 Å².